The molecule has 1 unspecified atom stereocenters. The summed E-state index contributed by atoms with van der Waals surface area (Å²) in [4.78, 5) is 16.3. The second-order valence-electron chi connectivity index (χ2n) is 12.8. The summed E-state index contributed by atoms with van der Waals surface area (Å²) >= 11 is 0. The lowest BCUT2D eigenvalue weighted by molar-refractivity contribution is -0.136. The van der Waals surface area contributed by atoms with E-state index in [9.17, 15) is 15.1 Å². The number of ether oxygens (including phenoxy) is 1. The van der Waals surface area contributed by atoms with Gasteiger partial charge < -0.3 is 20.0 Å². The van der Waals surface area contributed by atoms with E-state index in [4.69, 9.17) is 4.74 Å². The standard InChI is InChI=1S/C34H41FN2O4/c1-33-20-28(22-6-9-24(10-7-22)37-15-3-4-16-37)32-25-11-8-23(36-40)18-26(25)30(35)19-27(32)29(33)12-14-34(33,13-5-17-38)31(39)21-41-2/h6-7,9-10,18,27-30,38,40H,3-4,8,11-12,14-17,19-21H2,1-2H3/t27-,28+,29-,30?,33-,34+/m0/s1. The molecule has 1 saturated heterocycles. The smallest absolute Gasteiger partial charge is 0.176 e. The number of carbonyl (C=O) groups excluding carboxylic acids is 1. The van der Waals surface area contributed by atoms with Gasteiger partial charge in [-0.3, -0.25) is 4.79 Å². The average molecular weight is 561 g/mol. The summed E-state index contributed by atoms with van der Waals surface area (Å²) in [5.74, 6) is 6.16. The number of halogens is 1. The van der Waals surface area contributed by atoms with Gasteiger partial charge in [0.05, 0.1) is 11.1 Å². The molecule has 0 bridgehead atoms. The highest BCUT2D eigenvalue weighted by Crippen LogP contribution is 2.69. The number of rotatable bonds is 5. The number of nitrogens with zero attached hydrogens (tertiary/aromatic N) is 2. The Hall–Kier alpha value is -2.95. The van der Waals surface area contributed by atoms with E-state index >= 15 is 4.39 Å². The zero-order valence-electron chi connectivity index (χ0n) is 24.2. The van der Waals surface area contributed by atoms with E-state index in [2.05, 4.69) is 53.1 Å². The maximum Gasteiger partial charge on any atom is 0.176 e. The monoisotopic (exact) mass is 560 g/mol. The van der Waals surface area contributed by atoms with Crippen molar-refractivity contribution in [1.82, 2.24) is 0 Å². The molecule has 1 aliphatic heterocycles. The fourth-order valence-electron chi connectivity index (χ4n) is 9.12. The van der Waals surface area contributed by atoms with Gasteiger partial charge in [-0.25, -0.2) is 4.39 Å². The van der Waals surface area contributed by atoms with Gasteiger partial charge in [-0.15, -0.1) is 0 Å². The number of methoxy groups -OCH3 is 1. The van der Waals surface area contributed by atoms with Crippen molar-refractivity contribution in [3.8, 4) is 11.8 Å². The molecule has 7 heteroatoms. The van der Waals surface area contributed by atoms with Crippen molar-refractivity contribution in [3.63, 3.8) is 0 Å². The van der Waals surface area contributed by atoms with Crippen molar-refractivity contribution in [2.75, 3.05) is 38.3 Å². The summed E-state index contributed by atoms with van der Waals surface area (Å²) < 4.78 is 21.4. The molecule has 0 aromatic heterocycles. The number of allylic oxidation sites excluding steroid dienone is 4. The summed E-state index contributed by atoms with van der Waals surface area (Å²) in [5, 5.41) is 22.5. The highest BCUT2D eigenvalue weighted by atomic mass is 19.1. The molecular weight excluding hydrogens is 519 g/mol. The number of fused-ring (bicyclic) bond motifs is 4. The number of ketones is 1. The molecule has 41 heavy (non-hydrogen) atoms. The van der Waals surface area contributed by atoms with Crippen molar-refractivity contribution < 1.29 is 24.2 Å². The Morgan fingerprint density at radius 3 is 2.66 bits per heavy atom. The molecule has 0 amide bonds. The number of carbonyl (C=O) groups is 1. The van der Waals surface area contributed by atoms with Crippen LogP contribution in [0.1, 0.15) is 69.8 Å². The van der Waals surface area contributed by atoms with Crippen LogP contribution >= 0.6 is 0 Å². The van der Waals surface area contributed by atoms with Crippen molar-refractivity contribution in [2.45, 2.75) is 70.4 Å². The second-order valence-corrected chi connectivity index (χ2v) is 12.8. The van der Waals surface area contributed by atoms with Gasteiger partial charge in [0.1, 0.15) is 19.4 Å². The fourth-order valence-corrected chi connectivity index (χ4v) is 9.12. The van der Waals surface area contributed by atoms with Gasteiger partial charge in [0.15, 0.2) is 5.78 Å². The Morgan fingerprint density at radius 1 is 1.22 bits per heavy atom. The maximum absolute atomic E-state index is 16.0. The predicted molar refractivity (Wildman–Crippen MR) is 157 cm³/mol. The SMILES string of the molecule is COCC(=O)[C@@]1(C#CCO)CC[C@H]2[C@@H]3CC(F)C4=CC(=NO)CCC4=C3[C@@H](c3ccc(N4CCCC4)cc3)C[C@@]21C. The first kappa shape index (κ1) is 28.2. The number of hydrogen-bond acceptors (Lipinski definition) is 6. The Labute approximate surface area is 242 Å². The highest BCUT2D eigenvalue weighted by Gasteiger charge is 2.66. The Bertz CT molecular complexity index is 1350. The van der Waals surface area contributed by atoms with Gasteiger partial charge in [0.25, 0.3) is 0 Å². The lowest BCUT2D eigenvalue weighted by Gasteiger charge is -2.55. The summed E-state index contributed by atoms with van der Waals surface area (Å²) in [6.07, 6.45) is 6.71. The fraction of sp³-hybridized carbons (Fsp3) is 0.588. The molecule has 1 aromatic rings. The van der Waals surface area contributed by atoms with Crippen LogP contribution in [0.4, 0.5) is 10.1 Å². The Balaban J connectivity index is 1.51. The topological polar surface area (TPSA) is 82.4 Å². The number of oxime groups is 1. The molecule has 4 aliphatic carbocycles. The molecular formula is C34H41FN2O4. The molecule has 218 valence electrons. The predicted octanol–water partition coefficient (Wildman–Crippen LogP) is 5.59. The summed E-state index contributed by atoms with van der Waals surface area (Å²) in [6, 6.07) is 8.89. The number of Topliss-reactive ketones (excluding diaryl/α,β-unsaturated/α-hetero) is 1. The molecule has 1 aromatic carbocycles. The van der Waals surface area contributed by atoms with E-state index in [0.29, 0.717) is 37.0 Å². The third kappa shape index (κ3) is 4.46. The van der Waals surface area contributed by atoms with Crippen LogP contribution in [-0.2, 0) is 9.53 Å². The quantitative estimate of drug-likeness (QED) is 0.279. The first-order valence-electron chi connectivity index (χ1n) is 15.1. The number of hydrogen-bond donors (Lipinski definition) is 2. The van der Waals surface area contributed by atoms with E-state index in [0.717, 1.165) is 31.5 Å². The average Bonchev–Trinajstić information content (AvgIpc) is 3.63. The van der Waals surface area contributed by atoms with Crippen LogP contribution in [0.2, 0.25) is 0 Å². The minimum Gasteiger partial charge on any atom is -0.411 e. The van der Waals surface area contributed by atoms with Gasteiger partial charge in [0, 0.05) is 31.8 Å². The maximum atomic E-state index is 16.0. The van der Waals surface area contributed by atoms with Crippen LogP contribution in [-0.4, -0.2) is 61.4 Å². The molecule has 0 spiro atoms. The number of anilines is 1. The van der Waals surface area contributed by atoms with E-state index in [1.807, 2.05) is 0 Å². The minimum atomic E-state index is -1.15. The Morgan fingerprint density at radius 2 is 1.98 bits per heavy atom. The van der Waals surface area contributed by atoms with Gasteiger partial charge in [0.2, 0.25) is 0 Å². The van der Waals surface area contributed by atoms with Crippen LogP contribution in [0.3, 0.4) is 0 Å². The molecule has 2 saturated carbocycles. The van der Waals surface area contributed by atoms with Crippen LogP contribution in [0.15, 0.2) is 52.2 Å². The van der Waals surface area contributed by atoms with Crippen molar-refractivity contribution in [3.05, 3.63) is 52.6 Å². The molecule has 1 heterocycles. The lowest BCUT2D eigenvalue weighted by Crippen LogP contribution is -2.52. The van der Waals surface area contributed by atoms with Crippen LogP contribution < -0.4 is 4.90 Å². The van der Waals surface area contributed by atoms with Gasteiger partial charge in [-0.05, 0) is 104 Å². The number of aliphatic hydroxyl groups excluding tert-OH is 1. The molecule has 6 atom stereocenters. The van der Waals surface area contributed by atoms with Gasteiger partial charge in [-0.1, -0.05) is 41.6 Å². The van der Waals surface area contributed by atoms with Gasteiger partial charge >= 0.3 is 0 Å². The summed E-state index contributed by atoms with van der Waals surface area (Å²) in [6.45, 7) is 4.01. The molecule has 6 nitrogen and oxygen atoms in total. The molecule has 3 fully saturated rings. The normalized spacial score (nSPS) is 35.4. The molecule has 5 aliphatic rings. The second kappa shape index (κ2) is 11.0. The molecule has 6 rings (SSSR count). The lowest BCUT2D eigenvalue weighted by atomic mass is 9.48. The largest absolute Gasteiger partial charge is 0.411 e. The van der Waals surface area contributed by atoms with Gasteiger partial charge in [-0.2, -0.15) is 0 Å². The van der Waals surface area contributed by atoms with Crippen LogP contribution in [0.5, 0.6) is 0 Å². The summed E-state index contributed by atoms with van der Waals surface area (Å²) in [5.41, 5.74) is 4.54. The van der Waals surface area contributed by atoms with E-state index < -0.39 is 17.0 Å². The third-order valence-corrected chi connectivity index (χ3v) is 11.0. The molecule has 2 N–H and O–H groups in total. The highest BCUT2D eigenvalue weighted by molar-refractivity contribution is 5.97. The zero-order chi connectivity index (χ0) is 28.8. The number of alkyl halides is 1. The van der Waals surface area contributed by atoms with Crippen molar-refractivity contribution in [2.24, 2.45) is 27.8 Å². The van der Waals surface area contributed by atoms with E-state index in [1.165, 1.54) is 36.8 Å². The zero-order valence-corrected chi connectivity index (χ0v) is 24.2. The Kier molecular flexibility index (Phi) is 7.59. The van der Waals surface area contributed by atoms with Crippen molar-refractivity contribution >= 4 is 17.2 Å². The first-order valence-corrected chi connectivity index (χ1v) is 15.1. The number of aliphatic hydroxyl groups is 1. The van der Waals surface area contributed by atoms with Crippen molar-refractivity contribution in [1.29, 1.82) is 0 Å². The first-order chi connectivity index (χ1) is 19.9. The molecule has 0 radical (unpaired) electrons. The van der Waals surface area contributed by atoms with E-state index in [-0.39, 0.29) is 36.8 Å². The van der Waals surface area contributed by atoms with Crippen LogP contribution in [0, 0.1) is 34.5 Å². The van der Waals surface area contributed by atoms with Crippen LogP contribution in [0.25, 0.3) is 0 Å². The van der Waals surface area contributed by atoms with E-state index in [1.54, 1.807) is 6.08 Å². The number of benzene rings is 1. The summed E-state index contributed by atoms with van der Waals surface area (Å²) in [7, 11) is 1.53. The minimum absolute atomic E-state index is 0.0103. The third-order valence-electron chi connectivity index (χ3n) is 11.0.